The van der Waals surface area contributed by atoms with Gasteiger partial charge in [-0.3, -0.25) is 9.69 Å². The first-order valence-corrected chi connectivity index (χ1v) is 9.43. The van der Waals surface area contributed by atoms with Gasteiger partial charge in [-0.1, -0.05) is 0 Å². The van der Waals surface area contributed by atoms with E-state index in [1.165, 1.54) is 25.0 Å². The van der Waals surface area contributed by atoms with Gasteiger partial charge in [-0.25, -0.2) is 13.6 Å². The lowest BCUT2D eigenvalue weighted by molar-refractivity contribution is -0.139. The van der Waals surface area contributed by atoms with Crippen molar-refractivity contribution in [2.24, 2.45) is 5.92 Å². The number of benzene rings is 1. The van der Waals surface area contributed by atoms with E-state index in [4.69, 9.17) is 9.84 Å². The van der Waals surface area contributed by atoms with Crippen molar-refractivity contribution in [3.63, 3.8) is 0 Å². The van der Waals surface area contributed by atoms with Crippen molar-refractivity contribution in [1.82, 2.24) is 10.2 Å². The molecule has 2 saturated carbocycles. The Morgan fingerprint density at radius 1 is 1.21 bits per heavy atom. The summed E-state index contributed by atoms with van der Waals surface area (Å²) in [5.74, 6) is 0.0976. The zero-order valence-corrected chi connectivity index (χ0v) is 15.4. The average molecular weight is 397 g/mol. The number of carboxylic acid groups (broad SMARTS) is 1. The second kappa shape index (κ2) is 9.18. The Kier molecular flexibility index (Phi) is 6.66. The molecular weight excluding hydrogens is 372 g/mol. The van der Waals surface area contributed by atoms with E-state index >= 15 is 0 Å². The number of halogens is 2. The fraction of sp³-hybridized carbons (Fsp3) is 0.579. The number of hydrogen-bond donors (Lipinski definition) is 3. The van der Waals surface area contributed by atoms with Crippen LogP contribution in [0.3, 0.4) is 0 Å². The molecule has 3 N–H and O–H groups in total. The summed E-state index contributed by atoms with van der Waals surface area (Å²) in [5.41, 5.74) is 0.527. The highest BCUT2D eigenvalue weighted by molar-refractivity contribution is 5.89. The zero-order valence-electron chi connectivity index (χ0n) is 15.4. The molecule has 154 valence electrons. The molecule has 2 aliphatic carbocycles. The molecule has 3 rings (SSSR count). The number of carbonyl (C=O) groups is 2. The van der Waals surface area contributed by atoms with Gasteiger partial charge >= 0.3 is 12.0 Å². The van der Waals surface area contributed by atoms with E-state index < -0.39 is 19.0 Å². The Hall–Kier alpha value is -2.42. The first-order valence-electron chi connectivity index (χ1n) is 9.43. The third-order valence-corrected chi connectivity index (χ3v) is 4.98. The molecule has 28 heavy (non-hydrogen) atoms. The fourth-order valence-corrected chi connectivity index (χ4v) is 3.30. The molecule has 1 aromatic carbocycles. The van der Waals surface area contributed by atoms with E-state index in [0.29, 0.717) is 17.4 Å². The number of carboxylic acids is 1. The first-order chi connectivity index (χ1) is 13.4. The van der Waals surface area contributed by atoms with Crippen LogP contribution in [0.5, 0.6) is 5.75 Å². The number of rotatable bonds is 10. The molecule has 0 radical (unpaired) electrons. The molecule has 0 saturated heterocycles. The van der Waals surface area contributed by atoms with E-state index in [0.717, 1.165) is 19.4 Å². The third kappa shape index (κ3) is 6.33. The molecule has 0 bridgehead atoms. The summed E-state index contributed by atoms with van der Waals surface area (Å²) in [7, 11) is 0. The Morgan fingerprint density at radius 2 is 1.89 bits per heavy atom. The van der Waals surface area contributed by atoms with Gasteiger partial charge in [0.2, 0.25) is 0 Å². The van der Waals surface area contributed by atoms with Crippen LogP contribution >= 0.6 is 0 Å². The SMILES string of the molecule is O=C(O)CN(CC1CC1)C1CC(NC(=O)Nc2ccc(OCC(F)F)cc2)C1. The van der Waals surface area contributed by atoms with Crippen LogP contribution in [0.4, 0.5) is 19.3 Å². The minimum Gasteiger partial charge on any atom is -0.488 e. The van der Waals surface area contributed by atoms with E-state index in [9.17, 15) is 18.4 Å². The summed E-state index contributed by atoms with van der Waals surface area (Å²) in [6.07, 6.45) is 1.25. The number of nitrogens with one attached hydrogen (secondary N) is 2. The number of carbonyl (C=O) groups excluding carboxylic acids is 1. The van der Waals surface area contributed by atoms with Crippen LogP contribution in [0.2, 0.25) is 0 Å². The van der Waals surface area contributed by atoms with E-state index in [1.54, 1.807) is 12.1 Å². The van der Waals surface area contributed by atoms with Crippen LogP contribution < -0.4 is 15.4 Å². The molecule has 0 heterocycles. The number of nitrogens with zero attached hydrogens (tertiary/aromatic N) is 1. The summed E-state index contributed by atoms with van der Waals surface area (Å²) in [6.45, 7) is 0.186. The van der Waals surface area contributed by atoms with Gasteiger partial charge in [0, 0.05) is 24.3 Å². The number of aliphatic carboxylic acids is 1. The lowest BCUT2D eigenvalue weighted by Gasteiger charge is -2.42. The van der Waals surface area contributed by atoms with Gasteiger partial charge in [-0.2, -0.15) is 0 Å². The lowest BCUT2D eigenvalue weighted by atomic mass is 9.85. The standard InChI is InChI=1S/C19H25F2N3O4/c20-17(21)11-28-16-5-3-13(4-6-16)22-19(27)23-14-7-15(8-14)24(10-18(25)26)9-12-1-2-12/h3-6,12,14-15,17H,1-2,7-11H2,(H,25,26)(H2,22,23,27). The van der Waals surface area contributed by atoms with E-state index in [2.05, 4.69) is 10.6 Å². The molecule has 1 aromatic rings. The third-order valence-electron chi connectivity index (χ3n) is 4.98. The highest BCUT2D eigenvalue weighted by Gasteiger charge is 2.37. The van der Waals surface area contributed by atoms with Crippen LogP contribution in [0.1, 0.15) is 25.7 Å². The number of alkyl halides is 2. The molecule has 0 spiro atoms. The number of hydrogen-bond acceptors (Lipinski definition) is 4. The minimum absolute atomic E-state index is 0.00847. The van der Waals surface area contributed by atoms with Gasteiger partial charge in [0.1, 0.15) is 12.4 Å². The monoisotopic (exact) mass is 397 g/mol. The van der Waals surface area contributed by atoms with Crippen molar-refractivity contribution in [2.75, 3.05) is 25.0 Å². The highest BCUT2D eigenvalue weighted by atomic mass is 19.3. The van der Waals surface area contributed by atoms with Crippen molar-refractivity contribution in [1.29, 1.82) is 0 Å². The average Bonchev–Trinajstić information content (AvgIpc) is 3.40. The Labute approximate surface area is 162 Å². The van der Waals surface area contributed by atoms with Gasteiger partial charge in [0.15, 0.2) is 0 Å². The first kappa shape index (κ1) is 20.3. The Balaban J connectivity index is 1.39. The van der Waals surface area contributed by atoms with Gasteiger partial charge in [0.05, 0.1) is 6.54 Å². The lowest BCUT2D eigenvalue weighted by Crippen LogP contribution is -2.55. The van der Waals surface area contributed by atoms with Crippen LogP contribution in [-0.4, -0.2) is 60.2 Å². The van der Waals surface area contributed by atoms with Gasteiger partial charge in [0.25, 0.3) is 6.43 Å². The maximum Gasteiger partial charge on any atom is 0.319 e. The van der Waals surface area contributed by atoms with Crippen LogP contribution in [0.25, 0.3) is 0 Å². The molecular formula is C19H25F2N3O4. The fourth-order valence-electron chi connectivity index (χ4n) is 3.30. The predicted octanol–water partition coefficient (Wildman–Crippen LogP) is 2.78. The summed E-state index contributed by atoms with van der Waals surface area (Å²) >= 11 is 0. The molecule has 0 unspecified atom stereocenters. The normalized spacial score (nSPS) is 21.3. The second-order valence-electron chi connectivity index (χ2n) is 7.41. The topological polar surface area (TPSA) is 90.9 Å². The van der Waals surface area contributed by atoms with Crippen molar-refractivity contribution >= 4 is 17.7 Å². The summed E-state index contributed by atoms with van der Waals surface area (Å²) in [6, 6.07) is 6.03. The van der Waals surface area contributed by atoms with Gasteiger partial charge in [-0.15, -0.1) is 0 Å². The van der Waals surface area contributed by atoms with E-state index in [1.807, 2.05) is 4.90 Å². The maximum absolute atomic E-state index is 12.1. The number of anilines is 1. The van der Waals surface area contributed by atoms with Crippen LogP contribution in [-0.2, 0) is 4.79 Å². The summed E-state index contributed by atoms with van der Waals surface area (Å²) < 4.78 is 29.1. The number of ether oxygens (including phenoxy) is 1. The van der Waals surface area contributed by atoms with Crippen molar-refractivity contribution in [3.8, 4) is 5.75 Å². The molecule has 0 aromatic heterocycles. The molecule has 2 amide bonds. The second-order valence-corrected chi connectivity index (χ2v) is 7.41. The Bertz CT molecular complexity index is 676. The summed E-state index contributed by atoms with van der Waals surface area (Å²) in [4.78, 5) is 25.2. The van der Waals surface area contributed by atoms with Crippen molar-refractivity contribution < 1.29 is 28.2 Å². The van der Waals surface area contributed by atoms with Crippen LogP contribution in [0.15, 0.2) is 24.3 Å². The molecule has 2 fully saturated rings. The molecule has 0 atom stereocenters. The van der Waals surface area contributed by atoms with Crippen LogP contribution in [0, 0.1) is 5.92 Å². The van der Waals surface area contributed by atoms with Gasteiger partial charge in [-0.05, 0) is 55.9 Å². The largest absolute Gasteiger partial charge is 0.488 e. The van der Waals surface area contributed by atoms with Crippen molar-refractivity contribution in [3.05, 3.63) is 24.3 Å². The predicted molar refractivity (Wildman–Crippen MR) is 98.8 cm³/mol. The summed E-state index contributed by atoms with van der Waals surface area (Å²) in [5, 5.41) is 14.6. The molecule has 0 aliphatic heterocycles. The van der Waals surface area contributed by atoms with Gasteiger partial charge < -0.3 is 20.5 Å². The molecule has 2 aliphatic rings. The zero-order chi connectivity index (χ0) is 20.1. The Morgan fingerprint density at radius 3 is 2.46 bits per heavy atom. The van der Waals surface area contributed by atoms with E-state index in [-0.39, 0.29) is 24.7 Å². The quantitative estimate of drug-likeness (QED) is 0.565. The van der Waals surface area contributed by atoms with Crippen molar-refractivity contribution in [2.45, 2.75) is 44.2 Å². The molecule has 9 heteroatoms. The minimum atomic E-state index is -2.54. The molecule has 7 nitrogen and oxygen atoms in total. The maximum atomic E-state index is 12.1. The number of amides is 2. The number of urea groups is 1. The smallest absolute Gasteiger partial charge is 0.319 e. The highest BCUT2D eigenvalue weighted by Crippen LogP contribution is 2.33.